The van der Waals surface area contributed by atoms with E-state index in [-0.39, 0.29) is 23.8 Å². The van der Waals surface area contributed by atoms with Gasteiger partial charge in [0.15, 0.2) is 17.3 Å². The Bertz CT molecular complexity index is 1010. The molecule has 138 valence electrons. The molecule has 4 nitrogen and oxygen atoms in total. The van der Waals surface area contributed by atoms with E-state index in [9.17, 15) is 9.18 Å². The van der Waals surface area contributed by atoms with E-state index in [1.54, 1.807) is 12.1 Å². The number of rotatable bonds is 1. The number of halogens is 1. The first kappa shape index (κ1) is 16.4. The number of benzene rings is 2. The predicted molar refractivity (Wildman–Crippen MR) is 99.5 cm³/mol. The van der Waals surface area contributed by atoms with Crippen LogP contribution in [-0.2, 0) is 4.79 Å². The van der Waals surface area contributed by atoms with Crippen LogP contribution in [0.4, 0.5) is 10.1 Å². The average Bonchev–Trinajstić information content (AvgIpc) is 3.05. The van der Waals surface area contributed by atoms with Crippen LogP contribution < -0.4 is 14.8 Å². The van der Waals surface area contributed by atoms with Crippen LogP contribution in [-0.4, -0.2) is 12.6 Å². The largest absolute Gasteiger partial charge is 0.454 e. The van der Waals surface area contributed by atoms with Gasteiger partial charge in [0.05, 0.1) is 0 Å². The van der Waals surface area contributed by atoms with E-state index in [4.69, 9.17) is 9.47 Å². The Kier molecular flexibility index (Phi) is 3.39. The molecule has 3 aliphatic rings. The molecule has 1 N–H and O–H groups in total. The number of anilines is 1. The van der Waals surface area contributed by atoms with Crippen molar-refractivity contribution in [3.63, 3.8) is 0 Å². The van der Waals surface area contributed by atoms with Gasteiger partial charge in [0, 0.05) is 35.4 Å². The van der Waals surface area contributed by atoms with E-state index in [0.717, 1.165) is 23.4 Å². The number of hydrogen-bond donors (Lipinski definition) is 1. The number of ketones is 1. The molecule has 2 aromatic carbocycles. The molecule has 0 bridgehead atoms. The van der Waals surface area contributed by atoms with Gasteiger partial charge in [-0.3, -0.25) is 4.79 Å². The highest BCUT2D eigenvalue weighted by atomic mass is 19.1. The summed E-state index contributed by atoms with van der Waals surface area (Å²) in [4.78, 5) is 13.1. The summed E-state index contributed by atoms with van der Waals surface area (Å²) < 4.78 is 25.8. The van der Waals surface area contributed by atoms with Gasteiger partial charge in [-0.25, -0.2) is 4.39 Å². The highest BCUT2D eigenvalue weighted by molar-refractivity contribution is 6.01. The first-order chi connectivity index (χ1) is 12.9. The van der Waals surface area contributed by atoms with Gasteiger partial charge < -0.3 is 14.8 Å². The molecule has 2 aromatic rings. The zero-order valence-electron chi connectivity index (χ0n) is 15.3. The van der Waals surface area contributed by atoms with Gasteiger partial charge >= 0.3 is 0 Å². The second-order valence-corrected chi connectivity index (χ2v) is 8.21. The van der Waals surface area contributed by atoms with Crippen molar-refractivity contribution in [3.8, 4) is 11.5 Å². The summed E-state index contributed by atoms with van der Waals surface area (Å²) >= 11 is 0. The standard InChI is InChI=1S/C22H20FNO3/c1-22(2)9-16-21(17(25)10-22)20(12-5-3-4-6-14(12)23)13-7-18-19(27-11-26-18)8-15(13)24-16/h3-8,20,24H,9-11H2,1-2H3/t20-/m0/s1. The smallest absolute Gasteiger partial charge is 0.231 e. The average molecular weight is 365 g/mol. The summed E-state index contributed by atoms with van der Waals surface area (Å²) in [5.74, 6) is 0.613. The minimum atomic E-state index is -0.449. The molecule has 0 radical (unpaired) electrons. The minimum Gasteiger partial charge on any atom is -0.454 e. The Labute approximate surface area is 157 Å². The fourth-order valence-electron chi connectivity index (χ4n) is 4.44. The highest BCUT2D eigenvalue weighted by Gasteiger charge is 2.42. The van der Waals surface area contributed by atoms with E-state index < -0.39 is 5.92 Å². The summed E-state index contributed by atoms with van der Waals surface area (Å²) in [6, 6.07) is 10.4. The maximum atomic E-state index is 14.8. The van der Waals surface area contributed by atoms with Crippen LogP contribution in [0.3, 0.4) is 0 Å². The second kappa shape index (κ2) is 5.59. The topological polar surface area (TPSA) is 47.6 Å². The molecule has 0 saturated carbocycles. The quantitative estimate of drug-likeness (QED) is 0.792. The third-order valence-electron chi connectivity index (χ3n) is 5.57. The number of hydrogen-bond acceptors (Lipinski definition) is 4. The van der Waals surface area contributed by atoms with Crippen molar-refractivity contribution in [1.29, 1.82) is 0 Å². The second-order valence-electron chi connectivity index (χ2n) is 8.21. The van der Waals surface area contributed by atoms with Gasteiger partial charge in [-0.1, -0.05) is 32.0 Å². The van der Waals surface area contributed by atoms with Gasteiger partial charge in [-0.05, 0) is 35.1 Å². The summed E-state index contributed by atoms with van der Waals surface area (Å²) in [7, 11) is 0. The SMILES string of the molecule is CC1(C)CC(=O)C2=C(C1)Nc1cc3c(cc1[C@@H]2c1ccccc1F)OCO3. The Morgan fingerprint density at radius 3 is 2.59 bits per heavy atom. The number of allylic oxidation sites excluding steroid dienone is 2. The number of ether oxygens (including phenoxy) is 2. The number of carbonyl (C=O) groups is 1. The first-order valence-corrected chi connectivity index (χ1v) is 9.14. The fraction of sp³-hybridized carbons (Fsp3) is 0.318. The number of Topliss-reactive ketones (excluding diaryl/α,β-unsaturated/α-hetero) is 1. The lowest BCUT2D eigenvalue weighted by molar-refractivity contribution is -0.118. The molecule has 0 saturated heterocycles. The Morgan fingerprint density at radius 2 is 1.81 bits per heavy atom. The minimum absolute atomic E-state index is 0.0744. The lowest BCUT2D eigenvalue weighted by Gasteiger charge is -2.39. The normalized spacial score (nSPS) is 22.2. The molecular formula is C22H20FNO3. The Morgan fingerprint density at radius 1 is 1.07 bits per heavy atom. The number of nitrogens with one attached hydrogen (secondary N) is 1. The van der Waals surface area contributed by atoms with Crippen LogP contribution in [0.2, 0.25) is 0 Å². The zero-order chi connectivity index (χ0) is 18.8. The Balaban J connectivity index is 1.76. The number of fused-ring (bicyclic) bond motifs is 2. The van der Waals surface area contributed by atoms with E-state index in [1.165, 1.54) is 6.07 Å². The van der Waals surface area contributed by atoms with Crippen LogP contribution in [0.15, 0.2) is 47.7 Å². The van der Waals surface area contributed by atoms with Crippen molar-refractivity contribution < 1.29 is 18.7 Å². The third kappa shape index (κ3) is 2.52. The lowest BCUT2D eigenvalue weighted by Crippen LogP contribution is -2.34. The molecule has 0 aromatic heterocycles. The lowest BCUT2D eigenvalue weighted by atomic mass is 9.68. The van der Waals surface area contributed by atoms with Gasteiger partial charge in [0.2, 0.25) is 6.79 Å². The zero-order valence-corrected chi connectivity index (χ0v) is 15.3. The monoisotopic (exact) mass is 365 g/mol. The molecule has 0 spiro atoms. The fourth-order valence-corrected chi connectivity index (χ4v) is 4.44. The first-order valence-electron chi connectivity index (χ1n) is 9.14. The van der Waals surface area contributed by atoms with Crippen LogP contribution in [0.25, 0.3) is 0 Å². The molecular weight excluding hydrogens is 345 g/mol. The molecule has 0 fully saturated rings. The van der Waals surface area contributed by atoms with E-state index in [2.05, 4.69) is 19.2 Å². The molecule has 1 aliphatic carbocycles. The van der Waals surface area contributed by atoms with Crippen molar-refractivity contribution in [2.45, 2.75) is 32.6 Å². The van der Waals surface area contributed by atoms with E-state index in [0.29, 0.717) is 29.1 Å². The van der Waals surface area contributed by atoms with Crippen LogP contribution in [0.5, 0.6) is 11.5 Å². The van der Waals surface area contributed by atoms with Crippen molar-refractivity contribution in [2.75, 3.05) is 12.1 Å². The van der Waals surface area contributed by atoms with E-state index >= 15 is 0 Å². The van der Waals surface area contributed by atoms with E-state index in [1.807, 2.05) is 18.2 Å². The molecule has 5 heteroatoms. The molecule has 27 heavy (non-hydrogen) atoms. The summed E-state index contributed by atoms with van der Waals surface area (Å²) in [6.45, 7) is 4.34. The third-order valence-corrected chi connectivity index (χ3v) is 5.57. The van der Waals surface area contributed by atoms with Gasteiger partial charge in [0.25, 0.3) is 0 Å². The number of carbonyl (C=O) groups excluding carboxylic acids is 1. The molecule has 2 aliphatic heterocycles. The van der Waals surface area contributed by atoms with Gasteiger partial charge in [-0.15, -0.1) is 0 Å². The molecule has 0 amide bonds. The summed E-state index contributed by atoms with van der Waals surface area (Å²) in [5.41, 5.74) is 3.63. The predicted octanol–water partition coefficient (Wildman–Crippen LogP) is 4.76. The van der Waals surface area contributed by atoms with Crippen LogP contribution in [0.1, 0.15) is 43.7 Å². The summed E-state index contributed by atoms with van der Waals surface area (Å²) in [5, 5.41) is 3.43. The molecule has 0 unspecified atom stereocenters. The molecule has 2 heterocycles. The van der Waals surface area contributed by atoms with Crippen molar-refractivity contribution in [3.05, 3.63) is 64.6 Å². The maximum Gasteiger partial charge on any atom is 0.231 e. The Hall–Kier alpha value is -2.82. The van der Waals surface area contributed by atoms with Crippen molar-refractivity contribution in [2.24, 2.45) is 5.41 Å². The van der Waals surface area contributed by atoms with Gasteiger partial charge in [0.1, 0.15) is 5.82 Å². The van der Waals surface area contributed by atoms with Crippen LogP contribution in [0, 0.1) is 11.2 Å². The van der Waals surface area contributed by atoms with Crippen molar-refractivity contribution >= 4 is 11.5 Å². The molecule has 1 atom stereocenters. The van der Waals surface area contributed by atoms with Crippen LogP contribution >= 0.6 is 0 Å². The maximum absolute atomic E-state index is 14.8. The molecule has 5 rings (SSSR count). The van der Waals surface area contributed by atoms with Crippen molar-refractivity contribution in [1.82, 2.24) is 0 Å². The highest BCUT2D eigenvalue weighted by Crippen LogP contribution is 2.52. The summed E-state index contributed by atoms with van der Waals surface area (Å²) in [6.07, 6.45) is 1.20. The van der Waals surface area contributed by atoms with Gasteiger partial charge in [-0.2, -0.15) is 0 Å².